The highest BCUT2D eigenvalue weighted by molar-refractivity contribution is 7.97. The number of hydrogen-bond acceptors (Lipinski definition) is 3. The van der Waals surface area contributed by atoms with E-state index in [1.807, 2.05) is 6.07 Å². The standard InChI is InChI=1S/C11H8Cl3NO2S/c12-7-2-1-6(8(13)3-7)4-18-5-9-10(14)11(16)15-17-9/h1-3H,4-5H2,(H,15,16). The smallest absolute Gasteiger partial charge is 0.298 e. The zero-order valence-electron chi connectivity index (χ0n) is 9.00. The van der Waals surface area contributed by atoms with Crippen LogP contribution in [0.15, 0.2) is 27.5 Å². The van der Waals surface area contributed by atoms with Gasteiger partial charge in [-0.3, -0.25) is 4.79 Å². The zero-order chi connectivity index (χ0) is 13.1. The fourth-order valence-corrected chi connectivity index (χ4v) is 3.05. The van der Waals surface area contributed by atoms with Crippen molar-refractivity contribution in [1.82, 2.24) is 5.16 Å². The van der Waals surface area contributed by atoms with Gasteiger partial charge >= 0.3 is 0 Å². The number of hydrogen-bond donors (Lipinski definition) is 1. The van der Waals surface area contributed by atoms with E-state index in [9.17, 15) is 4.79 Å². The lowest BCUT2D eigenvalue weighted by Crippen LogP contribution is -1.97. The molecule has 7 heteroatoms. The second-order valence-electron chi connectivity index (χ2n) is 3.50. The molecule has 96 valence electrons. The Morgan fingerprint density at radius 1 is 1.22 bits per heavy atom. The maximum Gasteiger partial charge on any atom is 0.298 e. The van der Waals surface area contributed by atoms with Crippen molar-refractivity contribution in [2.45, 2.75) is 11.5 Å². The normalized spacial score (nSPS) is 10.8. The van der Waals surface area contributed by atoms with Crippen molar-refractivity contribution in [1.29, 1.82) is 0 Å². The summed E-state index contributed by atoms with van der Waals surface area (Å²) in [6.07, 6.45) is 0. The Morgan fingerprint density at radius 3 is 2.61 bits per heavy atom. The minimum Gasteiger partial charge on any atom is -0.381 e. The molecule has 0 fully saturated rings. The highest BCUT2D eigenvalue weighted by Crippen LogP contribution is 2.27. The van der Waals surface area contributed by atoms with E-state index in [1.54, 1.807) is 23.9 Å². The van der Waals surface area contributed by atoms with E-state index in [-0.39, 0.29) is 5.02 Å². The van der Waals surface area contributed by atoms with Gasteiger partial charge in [-0.25, -0.2) is 0 Å². The highest BCUT2D eigenvalue weighted by Gasteiger charge is 2.10. The average Bonchev–Trinajstić information content (AvgIpc) is 2.64. The lowest BCUT2D eigenvalue weighted by atomic mass is 10.2. The summed E-state index contributed by atoms with van der Waals surface area (Å²) in [7, 11) is 0. The number of H-pyrrole nitrogens is 1. The molecule has 3 nitrogen and oxygen atoms in total. The van der Waals surface area contributed by atoms with Crippen LogP contribution in [0.25, 0.3) is 0 Å². The van der Waals surface area contributed by atoms with Crippen LogP contribution in [-0.2, 0) is 11.5 Å². The number of aromatic amines is 1. The van der Waals surface area contributed by atoms with Crippen molar-refractivity contribution in [3.63, 3.8) is 0 Å². The molecule has 1 aromatic carbocycles. The first kappa shape index (κ1) is 13.9. The lowest BCUT2D eigenvalue weighted by molar-refractivity contribution is 0.390. The molecule has 0 aliphatic heterocycles. The Bertz CT molecular complexity index is 609. The summed E-state index contributed by atoms with van der Waals surface area (Å²) in [6.45, 7) is 0. The monoisotopic (exact) mass is 323 g/mol. The third-order valence-corrected chi connectivity index (χ3v) is 4.17. The van der Waals surface area contributed by atoms with Crippen LogP contribution in [-0.4, -0.2) is 5.16 Å². The van der Waals surface area contributed by atoms with Gasteiger partial charge in [0.05, 0.1) is 5.75 Å². The van der Waals surface area contributed by atoms with Crippen LogP contribution in [0.1, 0.15) is 11.3 Å². The number of halogens is 3. The van der Waals surface area contributed by atoms with Crippen LogP contribution < -0.4 is 5.56 Å². The van der Waals surface area contributed by atoms with Gasteiger partial charge in [-0.15, -0.1) is 11.8 Å². The Morgan fingerprint density at radius 2 is 2.00 bits per heavy atom. The lowest BCUT2D eigenvalue weighted by Gasteiger charge is -2.03. The molecule has 1 N–H and O–H groups in total. The first-order valence-electron chi connectivity index (χ1n) is 4.95. The van der Waals surface area contributed by atoms with Crippen molar-refractivity contribution in [2.75, 3.05) is 0 Å². The minimum absolute atomic E-state index is 0.102. The Hall–Kier alpha value is -0.550. The van der Waals surface area contributed by atoms with E-state index in [2.05, 4.69) is 5.16 Å². The van der Waals surface area contributed by atoms with E-state index in [0.29, 0.717) is 27.3 Å². The quantitative estimate of drug-likeness (QED) is 0.909. The molecule has 0 aliphatic carbocycles. The van der Waals surface area contributed by atoms with E-state index in [1.165, 1.54) is 0 Å². The van der Waals surface area contributed by atoms with Crippen molar-refractivity contribution in [3.05, 3.63) is 54.9 Å². The molecule has 1 aromatic heterocycles. The molecular formula is C11H8Cl3NO2S. The molecule has 0 spiro atoms. The highest BCUT2D eigenvalue weighted by atomic mass is 35.5. The third-order valence-electron chi connectivity index (χ3n) is 2.22. The van der Waals surface area contributed by atoms with Crippen molar-refractivity contribution >= 4 is 46.6 Å². The summed E-state index contributed by atoms with van der Waals surface area (Å²) in [5, 5.41) is 3.51. The molecule has 0 unspecified atom stereocenters. The fraction of sp³-hybridized carbons (Fsp3) is 0.182. The Kier molecular flexibility index (Phi) is 4.67. The van der Waals surface area contributed by atoms with Gasteiger partial charge < -0.3 is 4.52 Å². The van der Waals surface area contributed by atoms with Gasteiger partial charge in [0, 0.05) is 15.8 Å². The molecular weight excluding hydrogens is 317 g/mol. The second kappa shape index (κ2) is 6.06. The first-order chi connectivity index (χ1) is 8.58. The summed E-state index contributed by atoms with van der Waals surface area (Å²) in [5.41, 5.74) is 0.567. The summed E-state index contributed by atoms with van der Waals surface area (Å²) in [6, 6.07) is 5.35. The summed E-state index contributed by atoms with van der Waals surface area (Å²) < 4.78 is 4.94. The summed E-state index contributed by atoms with van der Waals surface area (Å²) in [4.78, 5) is 11.0. The molecule has 0 radical (unpaired) electrons. The molecule has 0 saturated heterocycles. The van der Waals surface area contributed by atoms with Crippen LogP contribution in [0.2, 0.25) is 15.1 Å². The van der Waals surface area contributed by atoms with Gasteiger partial charge in [-0.05, 0) is 17.7 Å². The van der Waals surface area contributed by atoms with Crippen molar-refractivity contribution in [2.24, 2.45) is 0 Å². The zero-order valence-corrected chi connectivity index (χ0v) is 12.1. The number of benzene rings is 1. The van der Waals surface area contributed by atoms with Crippen molar-refractivity contribution in [3.8, 4) is 0 Å². The molecule has 1 heterocycles. The van der Waals surface area contributed by atoms with E-state index < -0.39 is 5.56 Å². The second-order valence-corrected chi connectivity index (χ2v) is 5.71. The predicted molar refractivity (Wildman–Crippen MR) is 75.8 cm³/mol. The molecule has 2 aromatic rings. The largest absolute Gasteiger partial charge is 0.381 e. The first-order valence-corrected chi connectivity index (χ1v) is 7.24. The molecule has 2 rings (SSSR count). The van der Waals surface area contributed by atoms with Crippen LogP contribution in [0.3, 0.4) is 0 Å². The van der Waals surface area contributed by atoms with Crippen molar-refractivity contribution < 1.29 is 4.52 Å². The Balaban J connectivity index is 1.96. The number of rotatable bonds is 4. The van der Waals surface area contributed by atoms with Gasteiger partial charge in [0.25, 0.3) is 5.56 Å². The molecule has 0 saturated carbocycles. The van der Waals surface area contributed by atoms with Gasteiger partial charge in [-0.2, -0.15) is 5.16 Å². The van der Waals surface area contributed by atoms with Gasteiger partial charge in [0.1, 0.15) is 0 Å². The molecule has 0 amide bonds. The number of thioether (sulfide) groups is 1. The van der Waals surface area contributed by atoms with Crippen LogP contribution in [0.4, 0.5) is 0 Å². The molecule has 18 heavy (non-hydrogen) atoms. The predicted octanol–water partition coefficient (Wildman–Crippen LogP) is 4.36. The SMILES string of the molecule is O=c1[nH]oc(CSCc2ccc(Cl)cc2Cl)c1Cl. The summed E-state index contributed by atoms with van der Waals surface area (Å²) >= 11 is 19.1. The van der Waals surface area contributed by atoms with Crippen LogP contribution in [0, 0.1) is 0 Å². The Labute approximate surface area is 122 Å². The van der Waals surface area contributed by atoms with Crippen LogP contribution in [0.5, 0.6) is 0 Å². The molecule has 0 bridgehead atoms. The molecule has 0 aliphatic rings. The number of aromatic nitrogens is 1. The minimum atomic E-state index is -0.406. The summed E-state index contributed by atoms with van der Waals surface area (Å²) in [5.74, 6) is 1.62. The van der Waals surface area contributed by atoms with Gasteiger partial charge in [0.15, 0.2) is 10.8 Å². The topological polar surface area (TPSA) is 46.0 Å². The van der Waals surface area contributed by atoms with E-state index >= 15 is 0 Å². The maximum atomic E-state index is 11.0. The number of nitrogens with one attached hydrogen (secondary N) is 1. The van der Waals surface area contributed by atoms with E-state index in [4.69, 9.17) is 39.3 Å². The average molecular weight is 325 g/mol. The molecule has 0 atom stereocenters. The van der Waals surface area contributed by atoms with E-state index in [0.717, 1.165) is 5.56 Å². The maximum absolute atomic E-state index is 11.0. The van der Waals surface area contributed by atoms with Gasteiger partial charge in [0.2, 0.25) is 0 Å². The fourth-order valence-electron chi connectivity index (χ4n) is 1.31. The van der Waals surface area contributed by atoms with Crippen LogP contribution >= 0.6 is 46.6 Å². The third kappa shape index (κ3) is 3.26. The van der Waals surface area contributed by atoms with Gasteiger partial charge in [-0.1, -0.05) is 40.9 Å².